The molecule has 6 heteroatoms. The third-order valence-corrected chi connectivity index (χ3v) is 7.09. The fraction of sp³-hybridized carbons (Fsp3) is 0.941. The molecule has 3 aliphatic rings. The molecule has 134 valence electrons. The van der Waals surface area contributed by atoms with Crippen molar-refractivity contribution in [2.75, 3.05) is 32.5 Å². The fourth-order valence-electron chi connectivity index (χ4n) is 4.41. The third-order valence-electron chi connectivity index (χ3n) is 5.72. The summed E-state index contributed by atoms with van der Waals surface area (Å²) in [5, 5.41) is 4.54. The molecule has 0 spiro atoms. The zero-order chi connectivity index (χ0) is 15.7. The molecule has 4 atom stereocenters. The van der Waals surface area contributed by atoms with E-state index in [-0.39, 0.29) is 29.4 Å². The van der Waals surface area contributed by atoms with E-state index in [1.165, 1.54) is 25.0 Å². The number of hydrogen-bond donors (Lipinski definition) is 1. The minimum absolute atomic E-state index is 0. The maximum Gasteiger partial charge on any atom is 0.193 e. The van der Waals surface area contributed by atoms with Crippen LogP contribution >= 0.6 is 35.7 Å². The molecular formula is C17H32IN3OS. The number of hydrogen-bond acceptors (Lipinski definition) is 3. The van der Waals surface area contributed by atoms with E-state index in [9.17, 15) is 0 Å². The molecule has 0 aromatic rings. The number of guanidine groups is 1. The number of fused-ring (bicyclic) bond motifs is 1. The van der Waals surface area contributed by atoms with Crippen LogP contribution < -0.4 is 5.32 Å². The molecule has 1 saturated carbocycles. The van der Waals surface area contributed by atoms with Crippen molar-refractivity contribution in [1.82, 2.24) is 10.2 Å². The number of aliphatic imine (C=N–C) groups is 1. The van der Waals surface area contributed by atoms with Gasteiger partial charge in [-0.25, -0.2) is 0 Å². The van der Waals surface area contributed by atoms with Crippen LogP contribution in [0.5, 0.6) is 0 Å². The Balaban J connectivity index is 0.00000192. The van der Waals surface area contributed by atoms with Gasteiger partial charge >= 0.3 is 0 Å². The zero-order valence-corrected chi connectivity index (χ0v) is 18.0. The van der Waals surface area contributed by atoms with Gasteiger partial charge in [0.15, 0.2) is 5.96 Å². The van der Waals surface area contributed by atoms with Crippen LogP contribution in [-0.2, 0) is 4.74 Å². The SMILES string of the molecule is CCC1CN(C(=NC)NC2C3CCCOC3C2(C)C)CCS1.I. The van der Waals surface area contributed by atoms with Gasteiger partial charge in [-0.2, -0.15) is 11.8 Å². The normalized spacial score (nSPS) is 36.5. The van der Waals surface area contributed by atoms with Crippen LogP contribution in [0.2, 0.25) is 0 Å². The van der Waals surface area contributed by atoms with Gasteiger partial charge in [0.25, 0.3) is 0 Å². The van der Waals surface area contributed by atoms with Crippen LogP contribution in [0.1, 0.15) is 40.0 Å². The minimum atomic E-state index is 0. The van der Waals surface area contributed by atoms with Crippen LogP contribution in [0.25, 0.3) is 0 Å². The van der Waals surface area contributed by atoms with Gasteiger partial charge in [0.1, 0.15) is 0 Å². The van der Waals surface area contributed by atoms with Crippen molar-refractivity contribution in [3.8, 4) is 0 Å². The maximum absolute atomic E-state index is 6.02. The predicted molar refractivity (Wildman–Crippen MR) is 110 cm³/mol. The molecule has 2 aliphatic heterocycles. The van der Waals surface area contributed by atoms with E-state index in [1.807, 2.05) is 7.05 Å². The molecule has 4 unspecified atom stereocenters. The summed E-state index contributed by atoms with van der Waals surface area (Å²) in [5.41, 5.74) is 0.204. The summed E-state index contributed by atoms with van der Waals surface area (Å²) < 4.78 is 6.02. The molecule has 3 rings (SSSR count). The monoisotopic (exact) mass is 453 g/mol. The van der Waals surface area contributed by atoms with E-state index in [2.05, 4.69) is 47.7 Å². The lowest BCUT2D eigenvalue weighted by molar-refractivity contribution is -0.188. The Morgan fingerprint density at radius 1 is 1.43 bits per heavy atom. The Bertz CT molecular complexity index is 432. The number of halogens is 1. The first kappa shape index (κ1) is 19.6. The van der Waals surface area contributed by atoms with E-state index < -0.39 is 0 Å². The lowest BCUT2D eigenvalue weighted by atomic mass is 9.55. The molecule has 0 radical (unpaired) electrons. The van der Waals surface area contributed by atoms with Gasteiger partial charge in [0.2, 0.25) is 0 Å². The van der Waals surface area contributed by atoms with Crippen LogP contribution in [0, 0.1) is 11.3 Å². The molecule has 1 N–H and O–H groups in total. The Labute approximate surface area is 162 Å². The molecule has 2 saturated heterocycles. The lowest BCUT2D eigenvalue weighted by Crippen LogP contribution is -2.71. The second-order valence-corrected chi connectivity index (χ2v) is 8.84. The van der Waals surface area contributed by atoms with Gasteiger partial charge in [-0.3, -0.25) is 4.99 Å². The second-order valence-electron chi connectivity index (χ2n) is 7.44. The largest absolute Gasteiger partial charge is 0.377 e. The lowest BCUT2D eigenvalue weighted by Gasteiger charge is -2.60. The summed E-state index contributed by atoms with van der Waals surface area (Å²) in [6.45, 7) is 10.1. The number of nitrogens with one attached hydrogen (secondary N) is 1. The number of thioether (sulfide) groups is 1. The minimum Gasteiger partial charge on any atom is -0.377 e. The first-order valence-corrected chi connectivity index (χ1v) is 9.84. The Morgan fingerprint density at radius 3 is 2.91 bits per heavy atom. The highest BCUT2D eigenvalue weighted by Crippen LogP contribution is 2.51. The van der Waals surface area contributed by atoms with Crippen LogP contribution in [0.3, 0.4) is 0 Å². The van der Waals surface area contributed by atoms with Gasteiger partial charge in [-0.15, -0.1) is 24.0 Å². The summed E-state index contributed by atoms with van der Waals surface area (Å²) in [5.74, 6) is 2.96. The van der Waals surface area contributed by atoms with Crippen molar-refractivity contribution >= 4 is 41.7 Å². The topological polar surface area (TPSA) is 36.9 Å². The van der Waals surface area contributed by atoms with Crippen LogP contribution in [0.15, 0.2) is 4.99 Å². The molecule has 0 amide bonds. The average molecular weight is 453 g/mol. The predicted octanol–water partition coefficient (Wildman–Crippen LogP) is 3.21. The summed E-state index contributed by atoms with van der Waals surface area (Å²) in [4.78, 5) is 7.04. The first-order valence-electron chi connectivity index (χ1n) is 8.79. The van der Waals surface area contributed by atoms with Gasteiger partial charge in [-0.05, 0) is 19.3 Å². The number of ether oxygens (including phenoxy) is 1. The van der Waals surface area contributed by atoms with Crippen molar-refractivity contribution in [3.05, 3.63) is 0 Å². The van der Waals surface area contributed by atoms with Crippen molar-refractivity contribution in [2.24, 2.45) is 16.3 Å². The van der Waals surface area contributed by atoms with E-state index in [4.69, 9.17) is 4.74 Å². The van der Waals surface area contributed by atoms with E-state index in [1.54, 1.807) is 0 Å². The Kier molecular flexibility index (Phi) is 6.94. The molecular weight excluding hydrogens is 421 g/mol. The smallest absolute Gasteiger partial charge is 0.193 e. The third kappa shape index (κ3) is 3.78. The zero-order valence-electron chi connectivity index (χ0n) is 14.9. The molecule has 0 bridgehead atoms. The highest BCUT2D eigenvalue weighted by molar-refractivity contribution is 14.0. The van der Waals surface area contributed by atoms with Crippen LogP contribution in [0.4, 0.5) is 0 Å². The molecule has 0 aromatic carbocycles. The number of nitrogens with zero attached hydrogens (tertiary/aromatic N) is 2. The van der Waals surface area contributed by atoms with E-state index in [0.29, 0.717) is 18.1 Å². The average Bonchev–Trinajstić information content (AvgIpc) is 2.55. The molecule has 0 aromatic heterocycles. The van der Waals surface area contributed by atoms with Crippen molar-refractivity contribution in [3.63, 3.8) is 0 Å². The summed E-state index contributed by atoms with van der Waals surface area (Å²) >= 11 is 2.11. The summed E-state index contributed by atoms with van der Waals surface area (Å²) in [6.07, 6.45) is 4.16. The summed E-state index contributed by atoms with van der Waals surface area (Å²) in [6, 6.07) is 0.492. The van der Waals surface area contributed by atoms with Gasteiger partial charge in [0, 0.05) is 55.1 Å². The molecule has 2 heterocycles. The van der Waals surface area contributed by atoms with Gasteiger partial charge in [-0.1, -0.05) is 20.8 Å². The van der Waals surface area contributed by atoms with Crippen molar-refractivity contribution in [2.45, 2.75) is 57.4 Å². The molecule has 4 nitrogen and oxygen atoms in total. The molecule has 1 aliphatic carbocycles. The molecule has 3 fully saturated rings. The number of rotatable bonds is 2. The fourth-order valence-corrected chi connectivity index (χ4v) is 5.59. The molecule has 23 heavy (non-hydrogen) atoms. The van der Waals surface area contributed by atoms with E-state index in [0.717, 1.165) is 30.9 Å². The summed E-state index contributed by atoms with van der Waals surface area (Å²) in [7, 11) is 1.92. The Hall–Kier alpha value is 0.310. The second kappa shape index (κ2) is 8.13. The van der Waals surface area contributed by atoms with Crippen LogP contribution in [-0.4, -0.2) is 60.8 Å². The Morgan fingerprint density at radius 2 is 2.22 bits per heavy atom. The van der Waals surface area contributed by atoms with Gasteiger partial charge < -0.3 is 15.0 Å². The highest BCUT2D eigenvalue weighted by Gasteiger charge is 2.58. The maximum atomic E-state index is 6.02. The van der Waals surface area contributed by atoms with E-state index >= 15 is 0 Å². The van der Waals surface area contributed by atoms with Crippen molar-refractivity contribution < 1.29 is 4.74 Å². The van der Waals surface area contributed by atoms with Crippen molar-refractivity contribution in [1.29, 1.82) is 0 Å². The first-order chi connectivity index (χ1) is 10.6. The standard InChI is InChI=1S/C17H31N3OS.HI/c1-5-12-11-20(8-10-22-12)16(18-4)19-14-13-7-6-9-21-15(13)17(14,2)3;/h12-15H,5-11H2,1-4H3,(H,18,19);1H. The quantitative estimate of drug-likeness (QED) is 0.396. The highest BCUT2D eigenvalue weighted by atomic mass is 127. The van der Waals surface area contributed by atoms with Gasteiger partial charge in [0.05, 0.1) is 6.10 Å².